The van der Waals surface area contributed by atoms with Crippen molar-refractivity contribution in [2.45, 2.75) is 26.9 Å². The van der Waals surface area contributed by atoms with Crippen molar-refractivity contribution in [3.63, 3.8) is 0 Å². The quantitative estimate of drug-likeness (QED) is 0.461. The first kappa shape index (κ1) is 19.8. The highest BCUT2D eigenvalue weighted by atomic mass is 16.2. The fraction of sp³-hybridized carbons (Fsp3) is 0.160. The highest BCUT2D eigenvalue weighted by Crippen LogP contribution is 2.29. The van der Waals surface area contributed by atoms with Crippen molar-refractivity contribution in [3.8, 4) is 11.3 Å². The van der Waals surface area contributed by atoms with Gasteiger partial charge in [-0.05, 0) is 43.7 Å². The van der Waals surface area contributed by atoms with Crippen LogP contribution in [0.25, 0.3) is 27.9 Å². The van der Waals surface area contributed by atoms with Gasteiger partial charge in [0, 0.05) is 18.3 Å². The van der Waals surface area contributed by atoms with Crippen LogP contribution in [-0.2, 0) is 17.9 Å². The van der Waals surface area contributed by atoms with E-state index in [1.165, 1.54) is 4.57 Å². The zero-order valence-electron chi connectivity index (χ0n) is 17.9. The molecule has 3 aromatic heterocycles. The molecule has 32 heavy (non-hydrogen) atoms. The third kappa shape index (κ3) is 3.28. The van der Waals surface area contributed by atoms with Gasteiger partial charge in [-0.1, -0.05) is 42.5 Å². The van der Waals surface area contributed by atoms with Crippen LogP contribution in [0.3, 0.4) is 0 Å². The lowest BCUT2D eigenvalue weighted by molar-refractivity contribution is -0.116. The van der Waals surface area contributed by atoms with Gasteiger partial charge in [0.15, 0.2) is 0 Å². The first-order valence-corrected chi connectivity index (χ1v) is 10.6. The molecule has 0 unspecified atom stereocenters. The second-order valence-corrected chi connectivity index (χ2v) is 7.76. The van der Waals surface area contributed by atoms with Gasteiger partial charge in [-0.3, -0.25) is 18.3 Å². The first-order valence-electron chi connectivity index (χ1n) is 10.6. The molecule has 0 saturated carbocycles. The number of carbonyl (C=O) groups is 1. The Labute approximate surface area is 184 Å². The molecule has 0 aliphatic carbocycles. The van der Waals surface area contributed by atoms with E-state index in [0.29, 0.717) is 18.1 Å². The fourth-order valence-electron chi connectivity index (χ4n) is 4.11. The number of rotatable bonds is 5. The predicted octanol–water partition coefficient (Wildman–Crippen LogP) is 4.08. The molecule has 2 aromatic carbocycles. The monoisotopic (exact) mass is 425 g/mol. The summed E-state index contributed by atoms with van der Waals surface area (Å²) >= 11 is 0. The zero-order chi connectivity index (χ0) is 22.2. The second-order valence-electron chi connectivity index (χ2n) is 7.76. The highest BCUT2D eigenvalue weighted by molar-refractivity contribution is 5.95. The van der Waals surface area contributed by atoms with Gasteiger partial charge in [0.25, 0.3) is 0 Å². The summed E-state index contributed by atoms with van der Waals surface area (Å²) < 4.78 is 5.06. The number of aromatic nitrogens is 4. The SMILES string of the molecule is CCn1c(=O)n(CC(=O)Nc2c(-c3ccccc3)nc3cc(C)ccn23)c2ccccc21. The normalized spacial score (nSPS) is 11.3. The number of aryl methyl sites for hydroxylation is 2. The van der Waals surface area contributed by atoms with E-state index in [2.05, 4.69) is 5.32 Å². The smallest absolute Gasteiger partial charge is 0.308 e. The van der Waals surface area contributed by atoms with Crippen LogP contribution < -0.4 is 11.0 Å². The number of nitrogens with zero attached hydrogens (tertiary/aromatic N) is 4. The van der Waals surface area contributed by atoms with Crippen molar-refractivity contribution in [2.24, 2.45) is 0 Å². The summed E-state index contributed by atoms with van der Waals surface area (Å²) in [5.74, 6) is 0.300. The summed E-state index contributed by atoms with van der Waals surface area (Å²) in [6.45, 7) is 4.38. The Bertz CT molecular complexity index is 1510. The van der Waals surface area contributed by atoms with Gasteiger partial charge in [0.1, 0.15) is 23.7 Å². The van der Waals surface area contributed by atoms with E-state index in [-0.39, 0.29) is 18.1 Å². The molecular formula is C25H23N5O2. The summed E-state index contributed by atoms with van der Waals surface area (Å²) in [5.41, 5.74) is 4.80. The number of benzene rings is 2. The lowest BCUT2D eigenvalue weighted by Crippen LogP contribution is -2.29. The number of hydrogen-bond acceptors (Lipinski definition) is 3. The predicted molar refractivity (Wildman–Crippen MR) is 126 cm³/mol. The largest absolute Gasteiger partial charge is 0.329 e. The molecule has 160 valence electrons. The van der Waals surface area contributed by atoms with Crippen molar-refractivity contribution in [2.75, 3.05) is 5.32 Å². The number of amides is 1. The van der Waals surface area contributed by atoms with Gasteiger partial charge < -0.3 is 5.32 Å². The van der Waals surface area contributed by atoms with Gasteiger partial charge in [0.2, 0.25) is 5.91 Å². The molecule has 0 radical (unpaired) electrons. The van der Waals surface area contributed by atoms with Crippen LogP contribution in [0, 0.1) is 6.92 Å². The Morgan fingerprint density at radius 2 is 1.66 bits per heavy atom. The molecule has 0 atom stereocenters. The maximum absolute atomic E-state index is 13.1. The minimum absolute atomic E-state index is 0.0837. The van der Waals surface area contributed by atoms with Crippen molar-refractivity contribution in [1.82, 2.24) is 18.5 Å². The fourth-order valence-corrected chi connectivity index (χ4v) is 4.11. The number of pyridine rings is 1. The molecule has 0 saturated heterocycles. The van der Waals surface area contributed by atoms with Crippen LogP contribution in [-0.4, -0.2) is 24.4 Å². The standard InChI is InChI=1S/C25H23N5O2/c1-3-28-19-11-7-8-12-20(19)30(25(28)32)16-22(31)27-24-23(18-9-5-4-6-10-18)26-21-15-17(2)13-14-29(21)24/h4-15H,3,16H2,1-2H3,(H,27,31). The van der Waals surface area contributed by atoms with Crippen LogP contribution >= 0.6 is 0 Å². The van der Waals surface area contributed by atoms with E-state index in [4.69, 9.17) is 4.98 Å². The Hall–Kier alpha value is -4.13. The average Bonchev–Trinajstić information content (AvgIpc) is 3.28. The first-order chi connectivity index (χ1) is 15.6. The molecule has 0 aliphatic heterocycles. The Morgan fingerprint density at radius 1 is 0.969 bits per heavy atom. The van der Waals surface area contributed by atoms with Crippen molar-refractivity contribution in [3.05, 3.63) is 89.0 Å². The molecule has 0 fully saturated rings. The summed E-state index contributed by atoms with van der Waals surface area (Å²) in [7, 11) is 0. The molecule has 0 bridgehead atoms. The molecule has 0 spiro atoms. The Balaban J connectivity index is 1.56. The van der Waals surface area contributed by atoms with Crippen LogP contribution in [0.4, 0.5) is 5.82 Å². The molecule has 1 N–H and O–H groups in total. The number of nitrogens with one attached hydrogen (secondary N) is 1. The number of imidazole rings is 2. The molecule has 3 heterocycles. The second kappa shape index (κ2) is 7.85. The summed E-state index contributed by atoms with van der Waals surface area (Å²) in [4.78, 5) is 30.8. The maximum Gasteiger partial charge on any atom is 0.329 e. The van der Waals surface area contributed by atoms with E-state index < -0.39 is 0 Å². The van der Waals surface area contributed by atoms with Crippen LogP contribution in [0.1, 0.15) is 12.5 Å². The maximum atomic E-state index is 13.1. The third-order valence-corrected chi connectivity index (χ3v) is 5.63. The summed E-state index contributed by atoms with van der Waals surface area (Å²) in [6.07, 6.45) is 1.90. The van der Waals surface area contributed by atoms with Crippen molar-refractivity contribution in [1.29, 1.82) is 0 Å². The van der Waals surface area contributed by atoms with E-state index in [1.807, 2.05) is 91.2 Å². The van der Waals surface area contributed by atoms with Crippen molar-refractivity contribution < 1.29 is 4.79 Å². The molecule has 0 aliphatic rings. The van der Waals surface area contributed by atoms with Gasteiger partial charge in [0.05, 0.1) is 11.0 Å². The summed E-state index contributed by atoms with van der Waals surface area (Å²) in [6, 6.07) is 21.2. The minimum Gasteiger partial charge on any atom is -0.308 e. The molecule has 5 rings (SSSR count). The third-order valence-electron chi connectivity index (χ3n) is 5.63. The Morgan fingerprint density at radius 3 is 2.38 bits per heavy atom. The highest BCUT2D eigenvalue weighted by Gasteiger charge is 2.19. The van der Waals surface area contributed by atoms with E-state index in [1.54, 1.807) is 4.57 Å². The number of carbonyl (C=O) groups excluding carboxylic acids is 1. The Kier molecular flexibility index (Phi) is 4.86. The average molecular weight is 425 g/mol. The van der Waals surface area contributed by atoms with Gasteiger partial charge in [-0.15, -0.1) is 0 Å². The molecule has 7 heteroatoms. The number of hydrogen-bond donors (Lipinski definition) is 1. The summed E-state index contributed by atoms with van der Waals surface area (Å²) in [5, 5.41) is 3.01. The van der Waals surface area contributed by atoms with Crippen LogP contribution in [0.5, 0.6) is 0 Å². The van der Waals surface area contributed by atoms with E-state index in [0.717, 1.165) is 27.8 Å². The molecule has 1 amide bonds. The lowest BCUT2D eigenvalue weighted by Gasteiger charge is -2.09. The van der Waals surface area contributed by atoms with E-state index >= 15 is 0 Å². The molecular weight excluding hydrogens is 402 g/mol. The number of anilines is 1. The van der Waals surface area contributed by atoms with Crippen LogP contribution in [0.2, 0.25) is 0 Å². The van der Waals surface area contributed by atoms with Gasteiger partial charge in [-0.2, -0.15) is 0 Å². The molecule has 5 aromatic rings. The minimum atomic E-state index is -0.286. The molecule has 7 nitrogen and oxygen atoms in total. The van der Waals surface area contributed by atoms with E-state index in [9.17, 15) is 9.59 Å². The van der Waals surface area contributed by atoms with Crippen LogP contribution in [0.15, 0.2) is 77.7 Å². The van der Waals surface area contributed by atoms with Gasteiger partial charge >= 0.3 is 5.69 Å². The lowest BCUT2D eigenvalue weighted by atomic mass is 10.1. The van der Waals surface area contributed by atoms with Crippen molar-refractivity contribution >= 4 is 28.4 Å². The number of para-hydroxylation sites is 2. The topological polar surface area (TPSA) is 73.3 Å². The van der Waals surface area contributed by atoms with Gasteiger partial charge in [-0.25, -0.2) is 9.78 Å². The zero-order valence-corrected chi connectivity index (χ0v) is 17.9. The number of fused-ring (bicyclic) bond motifs is 2.